The number of nitrogens with zero attached hydrogens (tertiary/aromatic N) is 3. The molecule has 2 heterocycles. The van der Waals surface area contributed by atoms with E-state index in [2.05, 4.69) is 14.7 Å². The van der Waals surface area contributed by atoms with Gasteiger partial charge in [0.05, 0.1) is 16.0 Å². The molecule has 6 nitrogen and oxygen atoms in total. The van der Waals surface area contributed by atoms with Crippen LogP contribution < -0.4 is 4.72 Å². The van der Waals surface area contributed by atoms with Gasteiger partial charge in [0.1, 0.15) is 5.52 Å². The quantitative estimate of drug-likeness (QED) is 0.559. The van der Waals surface area contributed by atoms with Crippen molar-refractivity contribution < 1.29 is 9.90 Å². The summed E-state index contributed by atoms with van der Waals surface area (Å²) in [7, 11) is 0. The summed E-state index contributed by atoms with van der Waals surface area (Å²) >= 11 is 3.12. The number of para-hydroxylation sites is 1. The van der Waals surface area contributed by atoms with Gasteiger partial charge in [-0.15, -0.1) is 0 Å². The maximum absolute atomic E-state index is 12.8. The van der Waals surface area contributed by atoms with Crippen LogP contribution in [0.1, 0.15) is 23.2 Å². The van der Waals surface area contributed by atoms with Gasteiger partial charge in [-0.3, -0.25) is 14.8 Å². The second kappa shape index (κ2) is 9.24. The Morgan fingerprint density at radius 1 is 1.13 bits per heavy atom. The molecule has 1 aliphatic heterocycles. The van der Waals surface area contributed by atoms with Gasteiger partial charge in [-0.25, -0.2) is 0 Å². The Kier molecular flexibility index (Phi) is 6.46. The fourth-order valence-corrected chi connectivity index (χ4v) is 5.16. The van der Waals surface area contributed by atoms with E-state index in [9.17, 15) is 9.90 Å². The zero-order valence-corrected chi connectivity index (χ0v) is 18.4. The Bertz CT molecular complexity index is 1020. The Labute approximate surface area is 184 Å². The van der Waals surface area contributed by atoms with E-state index in [1.54, 1.807) is 24.2 Å². The maximum Gasteiger partial charge on any atom is 0.253 e. The number of piperidine rings is 1. The predicted octanol–water partition coefficient (Wildman–Crippen LogP) is 4.08. The summed E-state index contributed by atoms with van der Waals surface area (Å²) in [6, 6.07) is 13.4. The minimum atomic E-state index is -0.646. The van der Waals surface area contributed by atoms with Crippen molar-refractivity contribution in [2.45, 2.75) is 23.3 Å². The molecule has 3 aromatic rings. The second-order valence-corrected chi connectivity index (χ2v) is 9.13. The smallest absolute Gasteiger partial charge is 0.253 e. The lowest BCUT2D eigenvalue weighted by molar-refractivity contribution is 0.00167. The average molecular weight is 441 g/mol. The summed E-state index contributed by atoms with van der Waals surface area (Å²) in [5.41, 5.74) is 2.64. The molecule has 1 amide bonds. The molecule has 8 heteroatoms. The second-order valence-electron chi connectivity index (χ2n) is 7.41. The van der Waals surface area contributed by atoms with E-state index in [0.29, 0.717) is 31.5 Å². The number of aromatic nitrogens is 2. The zero-order valence-electron chi connectivity index (χ0n) is 16.7. The van der Waals surface area contributed by atoms with Crippen molar-refractivity contribution in [1.29, 1.82) is 0 Å². The van der Waals surface area contributed by atoms with Crippen molar-refractivity contribution in [3.63, 3.8) is 0 Å². The molecule has 1 fully saturated rings. The number of fused-ring (bicyclic) bond motifs is 1. The Morgan fingerprint density at radius 3 is 2.60 bits per heavy atom. The minimum Gasteiger partial charge on any atom is -0.389 e. The number of hydrogen-bond acceptors (Lipinski definition) is 7. The van der Waals surface area contributed by atoms with E-state index in [-0.39, 0.29) is 5.91 Å². The van der Waals surface area contributed by atoms with Crippen LogP contribution in [0.2, 0.25) is 0 Å². The van der Waals surface area contributed by atoms with Crippen LogP contribution in [0.15, 0.2) is 59.8 Å². The van der Waals surface area contributed by atoms with Crippen LogP contribution in [0, 0.1) is 0 Å². The lowest BCUT2D eigenvalue weighted by Crippen LogP contribution is -2.47. The van der Waals surface area contributed by atoms with Gasteiger partial charge in [0, 0.05) is 42.5 Å². The van der Waals surface area contributed by atoms with E-state index in [1.165, 1.54) is 11.9 Å². The highest BCUT2D eigenvalue weighted by atomic mass is 32.2. The number of likely N-dealkylation sites (tertiary alicyclic amines) is 1. The topological polar surface area (TPSA) is 78.4 Å². The van der Waals surface area contributed by atoms with Gasteiger partial charge in [0.15, 0.2) is 0 Å². The summed E-state index contributed by atoms with van der Waals surface area (Å²) in [5.74, 6) is 0.736. The number of nitrogens with one attached hydrogen (secondary N) is 1. The molecule has 0 bridgehead atoms. The first kappa shape index (κ1) is 21.0. The number of hydrogen-bond donors (Lipinski definition) is 2. The number of carbonyl (C=O) groups excluding carboxylic acids is 1. The van der Waals surface area contributed by atoms with E-state index in [4.69, 9.17) is 0 Å². The summed E-state index contributed by atoms with van der Waals surface area (Å²) < 4.78 is 3.31. The summed E-state index contributed by atoms with van der Waals surface area (Å²) in [6.07, 6.45) is 6.63. The van der Waals surface area contributed by atoms with Crippen LogP contribution in [0.4, 0.5) is 5.69 Å². The van der Waals surface area contributed by atoms with Crippen molar-refractivity contribution in [2.24, 2.45) is 0 Å². The third-order valence-electron chi connectivity index (χ3n) is 5.27. The van der Waals surface area contributed by atoms with Gasteiger partial charge in [-0.05, 0) is 67.4 Å². The molecule has 1 aliphatic rings. The van der Waals surface area contributed by atoms with Gasteiger partial charge < -0.3 is 14.7 Å². The largest absolute Gasteiger partial charge is 0.389 e. The SMILES string of the molecule is CSCC1(O)CCN(C(=O)c2ccc(NSc3cccc4nccnc34)cc2)CC1. The highest BCUT2D eigenvalue weighted by Crippen LogP contribution is 2.28. The van der Waals surface area contributed by atoms with Crippen LogP contribution in [0.5, 0.6) is 0 Å². The number of anilines is 1. The standard InChI is InChI=1S/C22H24N4O2S2/c1-29-15-22(28)9-13-26(14-10-22)21(27)16-5-7-17(8-6-16)25-30-19-4-2-3-18-20(19)24-12-11-23-18/h2-8,11-12,25,28H,9-10,13-15H2,1H3. The Morgan fingerprint density at radius 2 is 1.87 bits per heavy atom. The van der Waals surface area contributed by atoms with Crippen LogP contribution in [-0.2, 0) is 0 Å². The number of carbonyl (C=O) groups is 1. The summed E-state index contributed by atoms with van der Waals surface area (Å²) in [4.78, 5) is 24.4. The van der Waals surface area contributed by atoms with E-state index < -0.39 is 5.60 Å². The first-order valence-corrected chi connectivity index (χ1v) is 12.0. The molecule has 4 rings (SSSR count). The number of thioether (sulfide) groups is 1. The molecule has 1 saturated heterocycles. The molecule has 0 spiro atoms. The fraction of sp³-hybridized carbons (Fsp3) is 0.318. The van der Waals surface area contributed by atoms with Crippen molar-refractivity contribution in [3.8, 4) is 0 Å². The molecule has 0 atom stereocenters. The molecular weight excluding hydrogens is 416 g/mol. The maximum atomic E-state index is 12.8. The van der Waals surface area contributed by atoms with Crippen LogP contribution in [0.3, 0.4) is 0 Å². The van der Waals surface area contributed by atoms with Crippen molar-refractivity contribution in [2.75, 3.05) is 29.8 Å². The number of amides is 1. The lowest BCUT2D eigenvalue weighted by atomic mass is 9.93. The van der Waals surface area contributed by atoms with Gasteiger partial charge in [-0.1, -0.05) is 6.07 Å². The van der Waals surface area contributed by atoms with E-state index in [1.807, 2.05) is 53.6 Å². The molecule has 0 radical (unpaired) electrons. The molecule has 2 N–H and O–H groups in total. The number of aliphatic hydroxyl groups is 1. The first-order chi connectivity index (χ1) is 14.6. The fourth-order valence-electron chi connectivity index (χ4n) is 3.56. The Balaban J connectivity index is 1.37. The van der Waals surface area contributed by atoms with Crippen molar-refractivity contribution >= 4 is 46.3 Å². The monoisotopic (exact) mass is 440 g/mol. The average Bonchev–Trinajstić information content (AvgIpc) is 2.78. The van der Waals surface area contributed by atoms with Gasteiger partial charge in [0.25, 0.3) is 5.91 Å². The summed E-state index contributed by atoms with van der Waals surface area (Å²) in [5, 5.41) is 10.5. The summed E-state index contributed by atoms with van der Waals surface area (Å²) in [6.45, 7) is 1.18. The normalized spacial score (nSPS) is 15.9. The highest BCUT2D eigenvalue weighted by Gasteiger charge is 2.33. The third-order valence-corrected chi connectivity index (χ3v) is 6.98. The first-order valence-electron chi connectivity index (χ1n) is 9.81. The lowest BCUT2D eigenvalue weighted by Gasteiger charge is -2.37. The van der Waals surface area contributed by atoms with E-state index >= 15 is 0 Å². The molecule has 156 valence electrons. The van der Waals surface area contributed by atoms with Crippen LogP contribution in [-0.4, -0.2) is 56.6 Å². The highest BCUT2D eigenvalue weighted by molar-refractivity contribution is 8.00. The van der Waals surface area contributed by atoms with E-state index in [0.717, 1.165) is 27.4 Å². The molecule has 1 aromatic heterocycles. The minimum absolute atomic E-state index is 0.0183. The third kappa shape index (κ3) is 4.71. The molecule has 0 aliphatic carbocycles. The van der Waals surface area contributed by atoms with Gasteiger partial charge in [0.2, 0.25) is 0 Å². The van der Waals surface area contributed by atoms with Gasteiger partial charge in [-0.2, -0.15) is 11.8 Å². The zero-order chi connectivity index (χ0) is 21.0. The number of rotatable bonds is 6. The molecule has 2 aromatic carbocycles. The van der Waals surface area contributed by atoms with Crippen molar-refractivity contribution in [1.82, 2.24) is 14.9 Å². The van der Waals surface area contributed by atoms with Gasteiger partial charge >= 0.3 is 0 Å². The van der Waals surface area contributed by atoms with Crippen molar-refractivity contribution in [3.05, 3.63) is 60.4 Å². The van der Waals surface area contributed by atoms with Crippen LogP contribution in [0.25, 0.3) is 11.0 Å². The Hall–Kier alpha value is -2.29. The molecular formula is C22H24N4O2S2. The molecule has 0 unspecified atom stereocenters. The van der Waals surface area contributed by atoms with Crippen LogP contribution >= 0.6 is 23.7 Å². The molecule has 30 heavy (non-hydrogen) atoms. The number of benzene rings is 2. The predicted molar refractivity (Wildman–Crippen MR) is 124 cm³/mol. The molecule has 0 saturated carbocycles.